The number of hydrogen-bond donors (Lipinski definition) is 2. The zero-order valence-corrected chi connectivity index (χ0v) is 19.6. The largest absolute Gasteiger partial charge is 0.422 e. The van der Waals surface area contributed by atoms with Crippen LogP contribution in [0.2, 0.25) is 0 Å². The molecule has 0 radical (unpaired) electrons. The van der Waals surface area contributed by atoms with Crippen LogP contribution in [0, 0.1) is 12.7 Å². The fourth-order valence-electron chi connectivity index (χ4n) is 4.83. The van der Waals surface area contributed by atoms with Crippen molar-refractivity contribution < 1.29 is 31.9 Å². The summed E-state index contributed by atoms with van der Waals surface area (Å²) < 4.78 is 59.2. The van der Waals surface area contributed by atoms with Crippen molar-refractivity contribution in [2.75, 3.05) is 5.32 Å². The molecule has 3 aromatic carbocycles. The van der Waals surface area contributed by atoms with Crippen LogP contribution >= 0.6 is 0 Å². The Morgan fingerprint density at radius 1 is 1.14 bits per heavy atom. The summed E-state index contributed by atoms with van der Waals surface area (Å²) in [6.07, 6.45) is -4.99. The lowest BCUT2D eigenvalue weighted by Crippen LogP contribution is -2.22. The molecule has 1 aromatic heterocycles. The van der Waals surface area contributed by atoms with E-state index in [2.05, 4.69) is 5.32 Å². The Morgan fingerprint density at radius 3 is 2.65 bits per heavy atom. The van der Waals surface area contributed by atoms with Gasteiger partial charge in [-0.15, -0.1) is 0 Å². The second-order valence-corrected chi connectivity index (χ2v) is 9.13. The molecule has 5 rings (SSSR count). The lowest BCUT2D eigenvalue weighted by Gasteiger charge is -2.16. The Kier molecular flexibility index (Phi) is 6.11. The summed E-state index contributed by atoms with van der Waals surface area (Å²) in [4.78, 5) is 26.0. The molecule has 0 saturated heterocycles. The number of hydrogen-bond acceptors (Lipinski definition) is 4. The van der Waals surface area contributed by atoms with E-state index in [0.29, 0.717) is 41.0 Å². The fraction of sp³-hybridized carbons (Fsp3) is 0.214. The molecule has 0 bridgehead atoms. The Hall–Kier alpha value is -3.98. The summed E-state index contributed by atoms with van der Waals surface area (Å²) in [7, 11) is 0. The molecule has 9 heteroatoms. The first-order valence-electron chi connectivity index (χ1n) is 11.6. The summed E-state index contributed by atoms with van der Waals surface area (Å²) >= 11 is 0. The summed E-state index contributed by atoms with van der Waals surface area (Å²) in [6.45, 7) is 1.87. The van der Waals surface area contributed by atoms with Crippen molar-refractivity contribution in [2.24, 2.45) is 0 Å². The minimum Gasteiger partial charge on any atom is -0.422 e. The van der Waals surface area contributed by atoms with Gasteiger partial charge in [-0.1, -0.05) is 29.8 Å². The third-order valence-electron chi connectivity index (χ3n) is 6.51. The summed E-state index contributed by atoms with van der Waals surface area (Å²) in [5.74, 6) is -1.99. The lowest BCUT2D eigenvalue weighted by molar-refractivity contribution is -0.137. The van der Waals surface area contributed by atoms with Gasteiger partial charge in [0.2, 0.25) is 5.91 Å². The predicted molar refractivity (Wildman–Crippen MR) is 130 cm³/mol. The molecule has 2 N–H and O–H groups in total. The first-order valence-corrected chi connectivity index (χ1v) is 11.6. The maximum absolute atomic E-state index is 13.5. The number of carbonyl (C=O) groups is 1. The van der Waals surface area contributed by atoms with E-state index in [1.807, 2.05) is 25.1 Å². The molecule has 1 aliphatic rings. The van der Waals surface area contributed by atoms with Gasteiger partial charge < -0.3 is 14.8 Å². The van der Waals surface area contributed by atoms with Crippen LogP contribution in [-0.4, -0.2) is 11.0 Å². The van der Waals surface area contributed by atoms with Crippen molar-refractivity contribution in [3.63, 3.8) is 0 Å². The van der Waals surface area contributed by atoms with Gasteiger partial charge in [-0.25, -0.2) is 9.18 Å². The van der Waals surface area contributed by atoms with Crippen LogP contribution in [0.5, 0.6) is 0 Å². The van der Waals surface area contributed by atoms with E-state index in [9.17, 15) is 32.3 Å². The number of benzene rings is 3. The smallest absolute Gasteiger partial charge is 0.418 e. The highest BCUT2D eigenvalue weighted by Crippen LogP contribution is 2.39. The fourth-order valence-corrected chi connectivity index (χ4v) is 4.83. The number of amides is 1. The highest BCUT2D eigenvalue weighted by molar-refractivity contribution is 6.00. The maximum atomic E-state index is 13.5. The number of carbonyl (C=O) groups excluding carboxylic acids is 1. The molecule has 0 saturated carbocycles. The molecule has 1 amide bonds. The highest BCUT2D eigenvalue weighted by atomic mass is 19.4. The first-order chi connectivity index (χ1) is 17.5. The molecule has 5 nitrogen and oxygen atoms in total. The van der Waals surface area contributed by atoms with Crippen LogP contribution < -0.4 is 10.9 Å². The van der Waals surface area contributed by atoms with Crippen LogP contribution in [-0.2, 0) is 23.8 Å². The topological polar surface area (TPSA) is 79.5 Å². The van der Waals surface area contributed by atoms with Gasteiger partial charge in [-0.3, -0.25) is 4.79 Å². The predicted octanol–water partition coefficient (Wildman–Crippen LogP) is 6.09. The molecular weight excluding hydrogens is 490 g/mol. The molecule has 1 unspecified atom stereocenters. The number of nitrogens with one attached hydrogen (secondary N) is 1. The second kappa shape index (κ2) is 9.15. The Morgan fingerprint density at radius 2 is 1.92 bits per heavy atom. The number of rotatable bonds is 4. The van der Waals surface area contributed by atoms with E-state index >= 15 is 0 Å². The summed E-state index contributed by atoms with van der Waals surface area (Å²) in [6, 6.07) is 12.6. The Bertz CT molecular complexity index is 1610. The van der Waals surface area contributed by atoms with Crippen LogP contribution in [0.15, 0.2) is 63.8 Å². The van der Waals surface area contributed by atoms with Crippen molar-refractivity contribution in [2.45, 2.75) is 38.5 Å². The average molecular weight is 511 g/mol. The molecule has 0 fully saturated rings. The van der Waals surface area contributed by atoms with Crippen molar-refractivity contribution >= 4 is 22.6 Å². The van der Waals surface area contributed by atoms with Crippen molar-refractivity contribution in [1.82, 2.24) is 0 Å². The van der Waals surface area contributed by atoms with Gasteiger partial charge in [0, 0.05) is 10.9 Å². The number of anilines is 1. The zero-order chi connectivity index (χ0) is 26.5. The van der Waals surface area contributed by atoms with Crippen LogP contribution in [0.3, 0.4) is 0 Å². The summed E-state index contributed by atoms with van der Waals surface area (Å²) in [5, 5.41) is 13.0. The number of alkyl halides is 3. The van der Waals surface area contributed by atoms with E-state index < -0.39 is 47.3 Å². The van der Waals surface area contributed by atoms with Gasteiger partial charge in [0.15, 0.2) is 0 Å². The number of aliphatic hydroxyl groups is 1. The number of halogens is 4. The normalized spacial score (nSPS) is 15.1. The maximum Gasteiger partial charge on any atom is 0.418 e. The standard InChI is InChI=1S/C28H21F4NO4/c1-14-3-2-4-16(9-14)26-19-10-15-5-8-23(34)18(15)12-24(19)37-27(36)20(26)13-25(35)33-22-7-6-17(29)11-21(22)28(30,31)32/h2-4,6-7,9-12,23,34H,5,8,13H2,1H3,(H,33,35). The van der Waals surface area contributed by atoms with Crippen LogP contribution in [0.4, 0.5) is 23.2 Å². The van der Waals surface area contributed by atoms with Crippen LogP contribution in [0.1, 0.15) is 40.3 Å². The SMILES string of the molecule is Cc1cccc(-c2c(CC(=O)Nc3ccc(F)cc3C(F)(F)F)c(=O)oc3cc4c(cc23)CCC4O)c1. The molecule has 37 heavy (non-hydrogen) atoms. The highest BCUT2D eigenvalue weighted by Gasteiger charge is 2.34. The van der Waals surface area contributed by atoms with Gasteiger partial charge in [0.25, 0.3) is 0 Å². The van der Waals surface area contributed by atoms with Gasteiger partial charge in [-0.2, -0.15) is 13.2 Å². The summed E-state index contributed by atoms with van der Waals surface area (Å²) in [5.41, 5.74) is 0.974. The third-order valence-corrected chi connectivity index (χ3v) is 6.51. The van der Waals surface area contributed by atoms with E-state index in [1.165, 1.54) is 0 Å². The molecule has 1 atom stereocenters. The molecule has 0 aliphatic heterocycles. The first kappa shape index (κ1) is 24.7. The van der Waals surface area contributed by atoms with Gasteiger partial charge in [-0.05, 0) is 66.8 Å². The Balaban J connectivity index is 1.63. The van der Waals surface area contributed by atoms with Crippen molar-refractivity contribution in [3.05, 3.63) is 98.7 Å². The van der Waals surface area contributed by atoms with E-state index in [-0.39, 0.29) is 11.1 Å². The lowest BCUT2D eigenvalue weighted by atomic mass is 9.92. The van der Waals surface area contributed by atoms with Crippen LogP contribution in [0.25, 0.3) is 22.1 Å². The van der Waals surface area contributed by atoms with E-state index in [0.717, 1.165) is 23.3 Å². The number of fused-ring (bicyclic) bond motifs is 2. The van der Waals surface area contributed by atoms with Gasteiger partial charge in [0.1, 0.15) is 11.4 Å². The second-order valence-electron chi connectivity index (χ2n) is 9.13. The minimum atomic E-state index is -4.90. The van der Waals surface area contributed by atoms with Crippen molar-refractivity contribution in [1.29, 1.82) is 0 Å². The monoisotopic (exact) mass is 511 g/mol. The number of aliphatic hydroxyl groups excluding tert-OH is 1. The molecule has 0 spiro atoms. The molecule has 4 aromatic rings. The van der Waals surface area contributed by atoms with E-state index in [1.54, 1.807) is 18.2 Å². The molecule has 1 aliphatic carbocycles. The quantitative estimate of drug-likeness (QED) is 0.257. The third kappa shape index (κ3) is 4.74. The van der Waals surface area contributed by atoms with Crippen molar-refractivity contribution in [3.8, 4) is 11.1 Å². The molecule has 190 valence electrons. The Labute approximate surface area is 208 Å². The zero-order valence-electron chi connectivity index (χ0n) is 19.6. The minimum absolute atomic E-state index is 0.0234. The molecule has 1 heterocycles. The number of aryl methyl sites for hydroxylation is 2. The van der Waals surface area contributed by atoms with E-state index in [4.69, 9.17) is 4.42 Å². The van der Waals surface area contributed by atoms with Gasteiger partial charge >= 0.3 is 11.8 Å². The van der Waals surface area contributed by atoms with Gasteiger partial charge in [0.05, 0.1) is 29.3 Å². The molecular formula is C28H21F4NO4. The average Bonchev–Trinajstić information content (AvgIpc) is 3.18.